The Morgan fingerprint density at radius 3 is 2.55 bits per heavy atom. The van der Waals surface area contributed by atoms with Crippen LogP contribution >= 0.6 is 0 Å². The summed E-state index contributed by atoms with van der Waals surface area (Å²) in [6.45, 7) is 5.88. The lowest BCUT2D eigenvalue weighted by Crippen LogP contribution is -2.12. The lowest BCUT2D eigenvalue weighted by molar-refractivity contribution is -0.103. The van der Waals surface area contributed by atoms with E-state index in [-0.39, 0.29) is 0 Å². The molecule has 68 valence electrons. The Morgan fingerprint density at radius 2 is 2.00 bits per heavy atom. The molecular weight excluding hydrogens is 144 g/mol. The van der Waals surface area contributed by atoms with Crippen molar-refractivity contribution < 1.29 is 14.6 Å². The first kappa shape index (κ1) is 10.9. The molecule has 3 nitrogen and oxygen atoms in total. The summed E-state index contributed by atoms with van der Waals surface area (Å²) < 4.78 is 10.1. The third-order valence-corrected chi connectivity index (χ3v) is 1.30. The second kappa shape index (κ2) is 7.98. The third-order valence-electron chi connectivity index (χ3n) is 1.30. The van der Waals surface area contributed by atoms with Crippen LogP contribution in [-0.4, -0.2) is 31.2 Å². The molecule has 3 heteroatoms. The maximum Gasteiger partial charge on any atom is 0.154 e. The van der Waals surface area contributed by atoms with Gasteiger partial charge in [-0.3, -0.25) is 0 Å². The summed E-state index contributed by atoms with van der Waals surface area (Å²) in [4.78, 5) is 0. The zero-order valence-corrected chi connectivity index (χ0v) is 7.38. The standard InChI is InChI=1S/C8H18O3/c1-3-8(9)11-7-5-6-10-4-2/h8-9H,3-7H2,1-2H3. The van der Waals surface area contributed by atoms with Crippen LogP contribution in [0.1, 0.15) is 26.7 Å². The molecule has 1 atom stereocenters. The van der Waals surface area contributed by atoms with Gasteiger partial charge in [0.05, 0.1) is 6.61 Å². The van der Waals surface area contributed by atoms with Crippen molar-refractivity contribution in [3.8, 4) is 0 Å². The molecule has 0 aliphatic rings. The van der Waals surface area contributed by atoms with Crippen LogP contribution in [0.15, 0.2) is 0 Å². The van der Waals surface area contributed by atoms with Crippen molar-refractivity contribution in [2.24, 2.45) is 0 Å². The minimum Gasteiger partial charge on any atom is -0.382 e. The molecule has 0 aliphatic heterocycles. The van der Waals surface area contributed by atoms with Gasteiger partial charge in [-0.25, -0.2) is 0 Å². The fraction of sp³-hybridized carbons (Fsp3) is 1.00. The lowest BCUT2D eigenvalue weighted by Gasteiger charge is -2.08. The zero-order chi connectivity index (χ0) is 8.53. The summed E-state index contributed by atoms with van der Waals surface area (Å²) in [5.41, 5.74) is 0. The molecule has 1 unspecified atom stereocenters. The molecule has 0 aromatic heterocycles. The topological polar surface area (TPSA) is 38.7 Å². The second-order valence-corrected chi connectivity index (χ2v) is 2.28. The van der Waals surface area contributed by atoms with Crippen LogP contribution < -0.4 is 0 Å². The molecule has 0 spiro atoms. The van der Waals surface area contributed by atoms with Crippen molar-refractivity contribution in [3.63, 3.8) is 0 Å². The van der Waals surface area contributed by atoms with E-state index in [0.29, 0.717) is 19.6 Å². The number of aliphatic hydroxyl groups is 1. The molecule has 0 rings (SSSR count). The summed E-state index contributed by atoms with van der Waals surface area (Å²) in [7, 11) is 0. The molecule has 0 saturated carbocycles. The van der Waals surface area contributed by atoms with Gasteiger partial charge in [0.2, 0.25) is 0 Å². The Kier molecular flexibility index (Phi) is 7.89. The van der Waals surface area contributed by atoms with Gasteiger partial charge in [0.25, 0.3) is 0 Å². The molecule has 0 saturated heterocycles. The molecular formula is C8H18O3. The smallest absolute Gasteiger partial charge is 0.154 e. The molecule has 0 radical (unpaired) electrons. The first-order valence-corrected chi connectivity index (χ1v) is 4.18. The summed E-state index contributed by atoms with van der Waals surface area (Å²) in [6.07, 6.45) is 0.899. The highest BCUT2D eigenvalue weighted by Crippen LogP contribution is 1.93. The Bertz CT molecular complexity index is 75.7. The molecule has 1 N–H and O–H groups in total. The summed E-state index contributed by atoms with van der Waals surface area (Å²) in [5.74, 6) is 0. The molecule has 0 fully saturated rings. The van der Waals surface area contributed by atoms with E-state index in [1.807, 2.05) is 13.8 Å². The van der Waals surface area contributed by atoms with E-state index < -0.39 is 6.29 Å². The second-order valence-electron chi connectivity index (χ2n) is 2.28. The third kappa shape index (κ3) is 7.78. The highest BCUT2D eigenvalue weighted by molar-refractivity contribution is 4.37. The zero-order valence-electron chi connectivity index (χ0n) is 7.38. The number of rotatable bonds is 7. The van der Waals surface area contributed by atoms with E-state index in [4.69, 9.17) is 14.6 Å². The van der Waals surface area contributed by atoms with Crippen molar-refractivity contribution in [2.75, 3.05) is 19.8 Å². The van der Waals surface area contributed by atoms with Gasteiger partial charge in [-0.2, -0.15) is 0 Å². The van der Waals surface area contributed by atoms with Crippen molar-refractivity contribution >= 4 is 0 Å². The van der Waals surface area contributed by atoms with Gasteiger partial charge >= 0.3 is 0 Å². The first-order valence-electron chi connectivity index (χ1n) is 4.18. The monoisotopic (exact) mass is 162 g/mol. The van der Waals surface area contributed by atoms with E-state index in [2.05, 4.69) is 0 Å². The normalized spacial score (nSPS) is 13.4. The molecule has 0 bridgehead atoms. The van der Waals surface area contributed by atoms with Crippen molar-refractivity contribution in [1.29, 1.82) is 0 Å². The molecule has 0 aliphatic carbocycles. The van der Waals surface area contributed by atoms with E-state index >= 15 is 0 Å². The first-order chi connectivity index (χ1) is 5.31. The van der Waals surface area contributed by atoms with Crippen LogP contribution in [0.3, 0.4) is 0 Å². The number of aliphatic hydroxyl groups excluding tert-OH is 1. The Morgan fingerprint density at radius 1 is 1.27 bits per heavy atom. The van der Waals surface area contributed by atoms with Gasteiger partial charge in [-0.1, -0.05) is 6.92 Å². The van der Waals surface area contributed by atoms with E-state index in [9.17, 15) is 0 Å². The Labute approximate surface area is 68.3 Å². The fourth-order valence-corrected chi connectivity index (χ4v) is 0.643. The van der Waals surface area contributed by atoms with Crippen LogP contribution in [0.25, 0.3) is 0 Å². The van der Waals surface area contributed by atoms with Gasteiger partial charge < -0.3 is 14.6 Å². The molecule has 0 amide bonds. The van der Waals surface area contributed by atoms with Crippen molar-refractivity contribution in [1.82, 2.24) is 0 Å². The Balaban J connectivity index is 2.89. The quantitative estimate of drug-likeness (QED) is 0.451. The average molecular weight is 162 g/mol. The largest absolute Gasteiger partial charge is 0.382 e. The highest BCUT2D eigenvalue weighted by atomic mass is 16.6. The predicted octanol–water partition coefficient (Wildman–Crippen LogP) is 1.16. The number of ether oxygens (including phenoxy) is 2. The van der Waals surface area contributed by atoms with Crippen LogP contribution in [0.4, 0.5) is 0 Å². The van der Waals surface area contributed by atoms with Crippen LogP contribution in [0.5, 0.6) is 0 Å². The lowest BCUT2D eigenvalue weighted by atomic mass is 10.4. The van der Waals surface area contributed by atoms with Crippen LogP contribution in [-0.2, 0) is 9.47 Å². The maximum atomic E-state index is 8.95. The van der Waals surface area contributed by atoms with Crippen LogP contribution in [0.2, 0.25) is 0 Å². The average Bonchev–Trinajstić information content (AvgIpc) is 2.04. The minimum absolute atomic E-state index is 0.578. The van der Waals surface area contributed by atoms with Gasteiger partial charge in [-0.05, 0) is 19.8 Å². The molecule has 0 aromatic rings. The Hall–Kier alpha value is -0.120. The summed E-state index contributed by atoms with van der Waals surface area (Å²) in [5, 5.41) is 8.95. The van der Waals surface area contributed by atoms with Crippen molar-refractivity contribution in [3.05, 3.63) is 0 Å². The van der Waals surface area contributed by atoms with Gasteiger partial charge in [0, 0.05) is 13.2 Å². The van der Waals surface area contributed by atoms with E-state index in [1.54, 1.807) is 0 Å². The molecule has 0 heterocycles. The maximum absolute atomic E-state index is 8.95. The molecule has 11 heavy (non-hydrogen) atoms. The van der Waals surface area contributed by atoms with Crippen LogP contribution in [0, 0.1) is 0 Å². The molecule has 0 aromatic carbocycles. The van der Waals surface area contributed by atoms with E-state index in [0.717, 1.165) is 13.0 Å². The van der Waals surface area contributed by atoms with Gasteiger partial charge in [0.1, 0.15) is 0 Å². The number of hydrogen-bond donors (Lipinski definition) is 1. The van der Waals surface area contributed by atoms with Crippen molar-refractivity contribution in [2.45, 2.75) is 33.0 Å². The summed E-state index contributed by atoms with van der Waals surface area (Å²) in [6, 6.07) is 0. The van der Waals surface area contributed by atoms with Gasteiger partial charge in [-0.15, -0.1) is 0 Å². The SMILES string of the molecule is CCOCCCOC(O)CC. The highest BCUT2D eigenvalue weighted by Gasteiger charge is 1.97. The number of hydrogen-bond acceptors (Lipinski definition) is 3. The van der Waals surface area contributed by atoms with Gasteiger partial charge in [0.15, 0.2) is 6.29 Å². The fourth-order valence-electron chi connectivity index (χ4n) is 0.643. The van der Waals surface area contributed by atoms with E-state index in [1.165, 1.54) is 0 Å². The predicted molar refractivity (Wildman–Crippen MR) is 43.4 cm³/mol. The minimum atomic E-state index is -0.600. The summed E-state index contributed by atoms with van der Waals surface area (Å²) >= 11 is 0.